The van der Waals surface area contributed by atoms with E-state index in [4.69, 9.17) is 4.74 Å². The van der Waals surface area contributed by atoms with Crippen molar-refractivity contribution in [3.05, 3.63) is 29.8 Å². The van der Waals surface area contributed by atoms with Crippen molar-refractivity contribution >= 4 is 18.3 Å². The molecule has 2 atom stereocenters. The molecule has 1 aromatic carbocycles. The second kappa shape index (κ2) is 9.78. The van der Waals surface area contributed by atoms with Gasteiger partial charge in [0, 0.05) is 12.6 Å². The smallest absolute Gasteiger partial charge is 0.223 e. The fraction of sp³-hybridized carbons (Fsp3) is 0.611. The Morgan fingerprint density at radius 1 is 1.35 bits per heavy atom. The van der Waals surface area contributed by atoms with Crippen LogP contribution in [-0.2, 0) is 4.79 Å². The third-order valence-electron chi connectivity index (χ3n) is 4.32. The van der Waals surface area contributed by atoms with Gasteiger partial charge < -0.3 is 15.4 Å². The molecule has 2 unspecified atom stereocenters. The normalized spacial score (nSPS) is 20.7. The summed E-state index contributed by atoms with van der Waals surface area (Å²) < 4.78 is 5.65. The lowest BCUT2D eigenvalue weighted by molar-refractivity contribution is -0.122. The Labute approximate surface area is 145 Å². The van der Waals surface area contributed by atoms with Crippen molar-refractivity contribution < 1.29 is 9.53 Å². The van der Waals surface area contributed by atoms with Crippen LogP contribution in [0.3, 0.4) is 0 Å². The first-order valence-corrected chi connectivity index (χ1v) is 8.29. The minimum Gasteiger partial charge on any atom is -0.493 e. The van der Waals surface area contributed by atoms with Gasteiger partial charge in [0.05, 0.1) is 13.0 Å². The van der Waals surface area contributed by atoms with Gasteiger partial charge in [0.25, 0.3) is 0 Å². The molecular formula is C18H29ClN2O2. The molecule has 4 nitrogen and oxygen atoms in total. The van der Waals surface area contributed by atoms with Crippen LogP contribution in [-0.4, -0.2) is 31.6 Å². The molecule has 1 aliphatic rings. The third kappa shape index (κ3) is 6.40. The molecule has 1 aliphatic heterocycles. The third-order valence-corrected chi connectivity index (χ3v) is 4.32. The van der Waals surface area contributed by atoms with E-state index in [1.807, 2.05) is 12.1 Å². The van der Waals surface area contributed by atoms with E-state index >= 15 is 0 Å². The van der Waals surface area contributed by atoms with Gasteiger partial charge in [-0.1, -0.05) is 32.9 Å². The Hall–Kier alpha value is -1.26. The van der Waals surface area contributed by atoms with Crippen LogP contribution < -0.4 is 15.4 Å². The fourth-order valence-corrected chi connectivity index (χ4v) is 2.67. The summed E-state index contributed by atoms with van der Waals surface area (Å²) in [4.78, 5) is 12.0. The number of carbonyl (C=O) groups is 1. The van der Waals surface area contributed by atoms with Crippen LogP contribution in [0.4, 0.5) is 0 Å². The summed E-state index contributed by atoms with van der Waals surface area (Å²) in [5.41, 5.74) is 1.30. The van der Waals surface area contributed by atoms with Crippen LogP contribution in [0.25, 0.3) is 0 Å². The molecule has 0 aliphatic carbocycles. The predicted octanol–water partition coefficient (Wildman–Crippen LogP) is 3.11. The summed E-state index contributed by atoms with van der Waals surface area (Å²) >= 11 is 0. The highest BCUT2D eigenvalue weighted by Crippen LogP contribution is 2.18. The number of hydrogen-bond donors (Lipinski definition) is 2. The van der Waals surface area contributed by atoms with Crippen molar-refractivity contribution in [3.63, 3.8) is 0 Å². The highest BCUT2D eigenvalue weighted by molar-refractivity contribution is 5.85. The van der Waals surface area contributed by atoms with Gasteiger partial charge in [0.1, 0.15) is 5.75 Å². The van der Waals surface area contributed by atoms with E-state index in [1.54, 1.807) is 0 Å². The molecule has 2 rings (SSSR count). The lowest BCUT2D eigenvalue weighted by Crippen LogP contribution is -2.50. The molecule has 0 aromatic heterocycles. The quantitative estimate of drug-likeness (QED) is 0.836. The number of ether oxygens (including phenoxy) is 1. The highest BCUT2D eigenvalue weighted by Gasteiger charge is 2.22. The van der Waals surface area contributed by atoms with Crippen molar-refractivity contribution in [1.82, 2.24) is 10.6 Å². The van der Waals surface area contributed by atoms with E-state index in [-0.39, 0.29) is 24.4 Å². The second-order valence-corrected chi connectivity index (χ2v) is 6.47. The zero-order valence-electron chi connectivity index (χ0n) is 14.3. The number of carbonyl (C=O) groups excluding carboxylic acids is 1. The van der Waals surface area contributed by atoms with E-state index in [0.29, 0.717) is 24.9 Å². The van der Waals surface area contributed by atoms with Gasteiger partial charge in [0.15, 0.2) is 0 Å². The predicted molar refractivity (Wildman–Crippen MR) is 96.5 cm³/mol. The van der Waals surface area contributed by atoms with E-state index in [2.05, 4.69) is 43.5 Å². The highest BCUT2D eigenvalue weighted by atomic mass is 35.5. The van der Waals surface area contributed by atoms with Crippen LogP contribution in [0.2, 0.25) is 0 Å². The average Bonchev–Trinajstić information content (AvgIpc) is 2.50. The van der Waals surface area contributed by atoms with E-state index in [1.165, 1.54) is 5.56 Å². The molecule has 1 amide bonds. The number of benzene rings is 1. The maximum Gasteiger partial charge on any atom is 0.223 e. The molecule has 1 aromatic rings. The number of amides is 1. The largest absolute Gasteiger partial charge is 0.493 e. The number of halogens is 1. The van der Waals surface area contributed by atoms with Gasteiger partial charge in [-0.05, 0) is 42.5 Å². The fourth-order valence-electron chi connectivity index (χ4n) is 2.67. The average molecular weight is 341 g/mol. The molecule has 2 N–H and O–H groups in total. The van der Waals surface area contributed by atoms with Gasteiger partial charge in [-0.3, -0.25) is 4.79 Å². The van der Waals surface area contributed by atoms with Crippen molar-refractivity contribution in [2.75, 3.05) is 19.7 Å². The summed E-state index contributed by atoms with van der Waals surface area (Å²) in [6.45, 7) is 8.86. The van der Waals surface area contributed by atoms with Crippen LogP contribution in [0.15, 0.2) is 24.3 Å². The van der Waals surface area contributed by atoms with E-state index in [0.717, 1.165) is 25.3 Å². The Bertz CT molecular complexity index is 476. The van der Waals surface area contributed by atoms with Gasteiger partial charge >= 0.3 is 0 Å². The van der Waals surface area contributed by atoms with Gasteiger partial charge in [-0.25, -0.2) is 0 Å². The second-order valence-electron chi connectivity index (χ2n) is 6.47. The lowest BCUT2D eigenvalue weighted by atomic mass is 9.95. The molecule has 1 saturated heterocycles. The van der Waals surface area contributed by atoms with Crippen molar-refractivity contribution in [2.24, 2.45) is 5.92 Å². The molecule has 0 radical (unpaired) electrons. The maximum atomic E-state index is 12.0. The van der Waals surface area contributed by atoms with Crippen molar-refractivity contribution in [1.29, 1.82) is 0 Å². The molecule has 130 valence electrons. The van der Waals surface area contributed by atoms with Crippen LogP contribution in [0.1, 0.15) is 45.1 Å². The summed E-state index contributed by atoms with van der Waals surface area (Å²) in [6.07, 6.45) is 1.51. The summed E-state index contributed by atoms with van der Waals surface area (Å²) in [7, 11) is 0. The molecule has 0 spiro atoms. The Morgan fingerprint density at radius 2 is 2.04 bits per heavy atom. The minimum absolute atomic E-state index is 0. The first-order valence-electron chi connectivity index (χ1n) is 8.29. The first kappa shape index (κ1) is 19.8. The first-order chi connectivity index (χ1) is 10.6. The monoisotopic (exact) mass is 340 g/mol. The zero-order chi connectivity index (χ0) is 15.9. The zero-order valence-corrected chi connectivity index (χ0v) is 15.1. The number of rotatable bonds is 6. The molecule has 0 saturated carbocycles. The van der Waals surface area contributed by atoms with Gasteiger partial charge in [-0.15, -0.1) is 12.4 Å². The summed E-state index contributed by atoms with van der Waals surface area (Å²) in [6, 6.07) is 8.35. The Kier molecular flexibility index (Phi) is 8.42. The Morgan fingerprint density at radius 3 is 2.65 bits per heavy atom. The number of piperidine rings is 1. The molecule has 23 heavy (non-hydrogen) atoms. The number of nitrogens with one attached hydrogen (secondary N) is 2. The van der Waals surface area contributed by atoms with E-state index in [9.17, 15) is 4.79 Å². The summed E-state index contributed by atoms with van der Waals surface area (Å²) in [5, 5.41) is 6.42. The van der Waals surface area contributed by atoms with E-state index < -0.39 is 0 Å². The Balaban J connectivity index is 0.00000264. The molecule has 1 fully saturated rings. The van der Waals surface area contributed by atoms with Gasteiger partial charge in [0.2, 0.25) is 5.91 Å². The lowest BCUT2D eigenvalue weighted by Gasteiger charge is -2.30. The molecular weight excluding hydrogens is 312 g/mol. The van der Waals surface area contributed by atoms with Crippen LogP contribution in [0, 0.1) is 5.92 Å². The van der Waals surface area contributed by atoms with Crippen LogP contribution >= 0.6 is 12.4 Å². The van der Waals surface area contributed by atoms with Crippen molar-refractivity contribution in [2.45, 2.75) is 45.6 Å². The minimum atomic E-state index is 0. The number of hydrogen-bond acceptors (Lipinski definition) is 3. The standard InChI is InChI=1S/C18H28N2O2.ClH/c1-13(2)15-4-6-16(7-5-15)22-11-9-18(21)20-17-12-19-10-8-14(17)3;/h4-7,13-14,17,19H,8-12H2,1-3H3,(H,20,21);1H. The SMILES string of the molecule is CC(C)c1ccc(OCCC(=O)NC2CNCCC2C)cc1.Cl. The molecule has 5 heteroatoms. The summed E-state index contributed by atoms with van der Waals surface area (Å²) in [5.74, 6) is 1.95. The van der Waals surface area contributed by atoms with Gasteiger partial charge in [-0.2, -0.15) is 0 Å². The molecule has 0 bridgehead atoms. The topological polar surface area (TPSA) is 50.4 Å². The molecule has 1 heterocycles. The van der Waals surface area contributed by atoms with Crippen molar-refractivity contribution in [3.8, 4) is 5.75 Å². The maximum absolute atomic E-state index is 12.0. The van der Waals surface area contributed by atoms with Crippen LogP contribution in [0.5, 0.6) is 5.75 Å².